The van der Waals surface area contributed by atoms with Crippen LogP contribution in [0, 0.1) is 11.8 Å². The quantitative estimate of drug-likeness (QED) is 0.556. The zero-order valence-electron chi connectivity index (χ0n) is 17.7. The number of aromatic nitrogens is 4. The van der Waals surface area contributed by atoms with E-state index in [4.69, 9.17) is 0 Å². The van der Waals surface area contributed by atoms with E-state index in [-0.39, 0.29) is 5.92 Å². The van der Waals surface area contributed by atoms with Gasteiger partial charge in [-0.25, -0.2) is 15.0 Å². The van der Waals surface area contributed by atoms with Crippen LogP contribution in [0.25, 0.3) is 17.1 Å². The van der Waals surface area contributed by atoms with Gasteiger partial charge in [0.2, 0.25) is 0 Å². The van der Waals surface area contributed by atoms with Gasteiger partial charge in [0.1, 0.15) is 12.2 Å². The van der Waals surface area contributed by atoms with Crippen molar-refractivity contribution >= 4 is 5.70 Å². The summed E-state index contributed by atoms with van der Waals surface area (Å²) < 4.78 is 2.18. The molecule has 0 aliphatic carbocycles. The Balaban J connectivity index is 2.83. The molecule has 0 aliphatic rings. The number of hydrogen-bond donors (Lipinski definition) is 0. The lowest BCUT2D eigenvalue weighted by molar-refractivity contribution is 0.752. The Hall–Kier alpha value is -2.49. The topological polar surface area (TPSA) is 43.6 Å². The summed E-state index contributed by atoms with van der Waals surface area (Å²) in [4.78, 5) is 13.5. The average molecular weight is 365 g/mol. The van der Waals surface area contributed by atoms with Gasteiger partial charge in [-0.15, -0.1) is 0 Å². The summed E-state index contributed by atoms with van der Waals surface area (Å²) in [5, 5.41) is 0. The predicted octanol–water partition coefficient (Wildman–Crippen LogP) is 6.12. The van der Waals surface area contributed by atoms with Crippen LogP contribution in [0.1, 0.15) is 60.1 Å². The summed E-state index contributed by atoms with van der Waals surface area (Å²) in [6.07, 6.45) is 11.5. The smallest absolute Gasteiger partial charge is 0.147 e. The highest BCUT2D eigenvalue weighted by atomic mass is 15.1. The predicted molar refractivity (Wildman–Crippen MR) is 114 cm³/mol. The van der Waals surface area contributed by atoms with E-state index in [1.165, 1.54) is 11.1 Å². The van der Waals surface area contributed by atoms with Crippen LogP contribution in [0.15, 0.2) is 54.8 Å². The molecule has 0 atom stereocenters. The van der Waals surface area contributed by atoms with Crippen LogP contribution < -0.4 is 0 Å². The Labute approximate surface area is 163 Å². The maximum atomic E-state index is 4.69. The highest BCUT2D eigenvalue weighted by molar-refractivity contribution is 5.75. The zero-order chi connectivity index (χ0) is 20.1. The Morgan fingerprint density at radius 2 is 1.78 bits per heavy atom. The van der Waals surface area contributed by atoms with Crippen molar-refractivity contribution in [3.05, 3.63) is 60.5 Å². The fourth-order valence-corrected chi connectivity index (χ4v) is 3.45. The third-order valence-corrected chi connectivity index (χ3v) is 4.73. The van der Waals surface area contributed by atoms with Crippen molar-refractivity contribution < 1.29 is 0 Å². The van der Waals surface area contributed by atoms with Crippen LogP contribution in [-0.2, 0) is 0 Å². The first kappa shape index (κ1) is 20.8. The number of nitrogens with zero attached hydrogens (tertiary/aromatic N) is 4. The molecule has 0 amide bonds. The Bertz CT molecular complexity index is 851. The Morgan fingerprint density at radius 3 is 2.30 bits per heavy atom. The van der Waals surface area contributed by atoms with E-state index in [0.29, 0.717) is 11.8 Å². The van der Waals surface area contributed by atoms with Crippen LogP contribution in [0.2, 0.25) is 0 Å². The van der Waals surface area contributed by atoms with Crippen LogP contribution in [0.4, 0.5) is 0 Å². The van der Waals surface area contributed by atoms with Gasteiger partial charge < -0.3 is 0 Å². The van der Waals surface area contributed by atoms with Gasteiger partial charge in [0.05, 0.1) is 17.0 Å². The minimum Gasteiger partial charge on any atom is -0.299 e. The SMILES string of the molecule is C=C/C(=C(\C(=C/C)C(C)C)n1ccnc1-c1cncnc1C(C)C)C(C)C. The summed E-state index contributed by atoms with van der Waals surface area (Å²) in [5.74, 6) is 1.88. The second kappa shape index (κ2) is 8.94. The molecule has 0 radical (unpaired) electrons. The molecule has 0 fully saturated rings. The van der Waals surface area contributed by atoms with Crippen molar-refractivity contribution in [3.8, 4) is 11.4 Å². The van der Waals surface area contributed by atoms with Gasteiger partial charge in [-0.2, -0.15) is 0 Å². The Kier molecular flexibility index (Phi) is 6.89. The van der Waals surface area contributed by atoms with Crippen molar-refractivity contribution in [3.63, 3.8) is 0 Å². The molecule has 2 rings (SSSR count). The molecule has 0 aliphatic heterocycles. The molecule has 0 spiro atoms. The summed E-state index contributed by atoms with van der Waals surface area (Å²) >= 11 is 0. The van der Waals surface area contributed by atoms with E-state index >= 15 is 0 Å². The molecule has 0 bridgehead atoms. The molecule has 0 N–H and O–H groups in total. The van der Waals surface area contributed by atoms with Crippen molar-refractivity contribution in [2.75, 3.05) is 0 Å². The van der Waals surface area contributed by atoms with Crippen molar-refractivity contribution in [1.82, 2.24) is 19.5 Å². The van der Waals surface area contributed by atoms with Crippen LogP contribution >= 0.6 is 0 Å². The van der Waals surface area contributed by atoms with Gasteiger partial charge in [0, 0.05) is 18.6 Å². The van der Waals surface area contributed by atoms with E-state index in [1.807, 2.05) is 24.7 Å². The monoisotopic (exact) mass is 364 g/mol. The molecule has 27 heavy (non-hydrogen) atoms. The third kappa shape index (κ3) is 4.26. The molecular formula is C23H32N4. The lowest BCUT2D eigenvalue weighted by Gasteiger charge is -2.24. The summed E-state index contributed by atoms with van der Waals surface area (Å²) in [5.41, 5.74) is 5.62. The number of allylic oxidation sites excluding steroid dienone is 5. The molecule has 0 aromatic carbocycles. The van der Waals surface area contributed by atoms with E-state index in [1.54, 1.807) is 6.33 Å². The largest absolute Gasteiger partial charge is 0.299 e. The maximum Gasteiger partial charge on any atom is 0.147 e. The van der Waals surface area contributed by atoms with Gasteiger partial charge in [-0.1, -0.05) is 60.3 Å². The lowest BCUT2D eigenvalue weighted by atomic mass is 9.91. The van der Waals surface area contributed by atoms with Gasteiger partial charge in [0.15, 0.2) is 0 Å². The van der Waals surface area contributed by atoms with Gasteiger partial charge in [0.25, 0.3) is 0 Å². The molecule has 2 aromatic heterocycles. The van der Waals surface area contributed by atoms with E-state index < -0.39 is 0 Å². The fraction of sp³-hybridized carbons (Fsp3) is 0.435. The highest BCUT2D eigenvalue weighted by Gasteiger charge is 2.22. The number of hydrogen-bond acceptors (Lipinski definition) is 3. The molecule has 4 nitrogen and oxygen atoms in total. The van der Waals surface area contributed by atoms with Crippen molar-refractivity contribution in [2.45, 2.75) is 54.4 Å². The summed E-state index contributed by atoms with van der Waals surface area (Å²) in [6, 6.07) is 0. The molecule has 4 heteroatoms. The number of imidazole rings is 1. The molecule has 144 valence electrons. The minimum absolute atomic E-state index is 0.288. The van der Waals surface area contributed by atoms with Gasteiger partial charge >= 0.3 is 0 Å². The van der Waals surface area contributed by atoms with E-state index in [9.17, 15) is 0 Å². The van der Waals surface area contributed by atoms with Crippen molar-refractivity contribution in [1.29, 1.82) is 0 Å². The van der Waals surface area contributed by atoms with Gasteiger partial charge in [-0.05, 0) is 35.8 Å². The average Bonchev–Trinajstić information content (AvgIpc) is 3.10. The second-order valence-corrected chi connectivity index (χ2v) is 7.66. The first-order chi connectivity index (χ1) is 12.8. The van der Waals surface area contributed by atoms with Crippen LogP contribution in [0.5, 0.6) is 0 Å². The van der Waals surface area contributed by atoms with Gasteiger partial charge in [-0.3, -0.25) is 4.57 Å². The molecular weight excluding hydrogens is 332 g/mol. The van der Waals surface area contributed by atoms with E-state index in [2.05, 4.69) is 80.6 Å². The molecule has 2 heterocycles. The summed E-state index contributed by atoms with van der Waals surface area (Å²) in [6.45, 7) is 19.3. The Morgan fingerprint density at radius 1 is 1.07 bits per heavy atom. The second-order valence-electron chi connectivity index (χ2n) is 7.66. The molecule has 0 saturated carbocycles. The first-order valence-corrected chi connectivity index (χ1v) is 9.70. The maximum absolute atomic E-state index is 4.69. The standard InChI is InChI=1S/C23H32N4/c1-9-18(15(3)4)22(19(10-2)16(5)6)27-12-11-25-23(27)20-13-24-14-26-21(20)17(7)8/h9-17H,1H2,2-8H3/b19-10-,22-18-. The normalized spacial score (nSPS) is 13.5. The van der Waals surface area contributed by atoms with Crippen LogP contribution in [0.3, 0.4) is 0 Å². The zero-order valence-corrected chi connectivity index (χ0v) is 17.7. The van der Waals surface area contributed by atoms with Crippen molar-refractivity contribution in [2.24, 2.45) is 11.8 Å². The van der Waals surface area contributed by atoms with E-state index in [0.717, 1.165) is 22.8 Å². The highest BCUT2D eigenvalue weighted by Crippen LogP contribution is 2.35. The summed E-state index contributed by atoms with van der Waals surface area (Å²) in [7, 11) is 0. The molecule has 2 aromatic rings. The molecule has 0 unspecified atom stereocenters. The lowest BCUT2D eigenvalue weighted by Crippen LogP contribution is -2.12. The number of rotatable bonds is 7. The fourth-order valence-electron chi connectivity index (χ4n) is 3.45. The first-order valence-electron chi connectivity index (χ1n) is 9.70. The minimum atomic E-state index is 0.288. The van der Waals surface area contributed by atoms with Crippen LogP contribution in [-0.4, -0.2) is 19.5 Å². The third-order valence-electron chi connectivity index (χ3n) is 4.73. The molecule has 0 saturated heterocycles.